The quantitative estimate of drug-likeness (QED) is 0.0993. The van der Waals surface area contributed by atoms with Crippen molar-refractivity contribution in [2.45, 2.75) is 44.0 Å². The molecule has 1 aliphatic rings. The molecular weight excluding hydrogens is 752 g/mol. The van der Waals surface area contributed by atoms with Crippen LogP contribution in [0.3, 0.4) is 0 Å². The van der Waals surface area contributed by atoms with E-state index in [4.69, 9.17) is 16.3 Å². The van der Waals surface area contributed by atoms with Gasteiger partial charge in [0.25, 0.3) is 0 Å². The van der Waals surface area contributed by atoms with Gasteiger partial charge in [-0.25, -0.2) is 17.9 Å². The average Bonchev–Trinajstić information content (AvgIpc) is 3.51. The molecule has 296 valence electrons. The maximum absolute atomic E-state index is 13.9. The number of carbonyl (C=O) groups is 1. The zero-order valence-electron chi connectivity index (χ0n) is 32.7. The van der Waals surface area contributed by atoms with Gasteiger partial charge in [-0.3, -0.25) is 4.90 Å². The second kappa shape index (κ2) is 18.7. The van der Waals surface area contributed by atoms with Crippen LogP contribution in [0.5, 0.6) is 0 Å². The molecule has 0 amide bonds. The van der Waals surface area contributed by atoms with Gasteiger partial charge in [0.15, 0.2) is 0 Å². The first-order chi connectivity index (χ1) is 27.7. The number of benzene rings is 5. The molecule has 1 N–H and O–H groups in total. The SMILES string of the molecule is COC(=O)c1ccc(CCCc2c(CCNS(=O)(=O)Cc3ccccc3CN3CCN(C)CC3)n(C(c3ccccc3)c3ccccc3)c3ccc(Cl)cc23)cc1. The van der Waals surface area contributed by atoms with Crippen LogP contribution in [-0.2, 0) is 46.3 Å². The van der Waals surface area contributed by atoms with Crippen LogP contribution in [0.15, 0.2) is 127 Å². The van der Waals surface area contributed by atoms with E-state index in [2.05, 4.69) is 86.8 Å². The van der Waals surface area contributed by atoms with E-state index in [0.29, 0.717) is 17.0 Å². The normalized spacial score (nSPS) is 14.0. The molecule has 2 heterocycles. The highest BCUT2D eigenvalue weighted by Crippen LogP contribution is 2.38. The molecule has 8 nitrogen and oxygen atoms in total. The number of piperazine rings is 1. The zero-order chi connectivity index (χ0) is 39.8. The van der Waals surface area contributed by atoms with Crippen molar-refractivity contribution < 1.29 is 17.9 Å². The van der Waals surface area contributed by atoms with Gasteiger partial charge >= 0.3 is 5.97 Å². The summed E-state index contributed by atoms with van der Waals surface area (Å²) in [5, 5.41) is 1.72. The summed E-state index contributed by atoms with van der Waals surface area (Å²) in [4.78, 5) is 16.8. The molecule has 0 bridgehead atoms. The van der Waals surface area contributed by atoms with Crippen LogP contribution in [0.25, 0.3) is 10.9 Å². The monoisotopic (exact) mass is 802 g/mol. The Labute approximate surface area is 342 Å². The Bertz CT molecular complexity index is 2340. The highest BCUT2D eigenvalue weighted by atomic mass is 35.5. The molecule has 0 spiro atoms. The van der Waals surface area contributed by atoms with Gasteiger partial charge in [-0.1, -0.05) is 109 Å². The van der Waals surface area contributed by atoms with Gasteiger partial charge in [-0.05, 0) is 90.0 Å². The molecule has 1 aliphatic heterocycles. The number of carbonyl (C=O) groups excluding carboxylic acids is 1. The van der Waals surface area contributed by atoms with E-state index in [0.717, 1.165) is 102 Å². The largest absolute Gasteiger partial charge is 0.465 e. The van der Waals surface area contributed by atoms with Crippen molar-refractivity contribution in [1.29, 1.82) is 0 Å². The first-order valence-electron chi connectivity index (χ1n) is 19.7. The number of methoxy groups -OCH3 is 1. The van der Waals surface area contributed by atoms with E-state index < -0.39 is 10.0 Å². The predicted octanol–water partition coefficient (Wildman–Crippen LogP) is 8.30. The summed E-state index contributed by atoms with van der Waals surface area (Å²) in [6.45, 7) is 4.92. The number of ether oxygens (including phenoxy) is 1. The maximum Gasteiger partial charge on any atom is 0.337 e. The summed E-state index contributed by atoms with van der Waals surface area (Å²) in [7, 11) is -0.144. The summed E-state index contributed by atoms with van der Waals surface area (Å²) in [5.74, 6) is -0.430. The Hall–Kier alpha value is -4.77. The van der Waals surface area contributed by atoms with E-state index in [1.54, 1.807) is 12.1 Å². The zero-order valence-corrected chi connectivity index (χ0v) is 34.3. The summed E-state index contributed by atoms with van der Waals surface area (Å²) in [5.41, 5.74) is 9.08. The lowest BCUT2D eigenvalue weighted by atomic mass is 9.97. The molecule has 7 rings (SSSR count). The minimum atomic E-state index is -3.67. The Morgan fingerprint density at radius 1 is 0.772 bits per heavy atom. The van der Waals surface area contributed by atoms with Gasteiger partial charge in [0.2, 0.25) is 10.0 Å². The van der Waals surface area contributed by atoms with Gasteiger partial charge in [-0.2, -0.15) is 0 Å². The number of hydrogen-bond donors (Lipinski definition) is 1. The third-order valence-electron chi connectivity index (χ3n) is 11.1. The van der Waals surface area contributed by atoms with E-state index in [-0.39, 0.29) is 24.3 Å². The van der Waals surface area contributed by atoms with Crippen molar-refractivity contribution in [3.05, 3.63) is 177 Å². The van der Waals surface area contributed by atoms with Gasteiger partial charge in [0.05, 0.1) is 24.5 Å². The molecule has 0 atom stereocenters. The maximum atomic E-state index is 13.9. The fourth-order valence-corrected chi connectivity index (χ4v) is 9.47. The van der Waals surface area contributed by atoms with Crippen molar-refractivity contribution >= 4 is 38.5 Å². The molecule has 57 heavy (non-hydrogen) atoms. The van der Waals surface area contributed by atoms with Crippen LogP contribution >= 0.6 is 11.6 Å². The van der Waals surface area contributed by atoms with Crippen LogP contribution in [0.2, 0.25) is 5.02 Å². The lowest BCUT2D eigenvalue weighted by molar-refractivity contribution is 0.0600. The summed E-state index contributed by atoms with van der Waals surface area (Å²) in [6, 6.07) is 42.3. The lowest BCUT2D eigenvalue weighted by Gasteiger charge is -2.32. The Morgan fingerprint density at radius 2 is 1.40 bits per heavy atom. The lowest BCUT2D eigenvalue weighted by Crippen LogP contribution is -2.44. The highest BCUT2D eigenvalue weighted by Gasteiger charge is 2.26. The highest BCUT2D eigenvalue weighted by molar-refractivity contribution is 7.88. The Kier molecular flexibility index (Phi) is 13.2. The number of sulfonamides is 1. The summed E-state index contributed by atoms with van der Waals surface area (Å²) >= 11 is 6.73. The van der Waals surface area contributed by atoms with Gasteiger partial charge in [-0.15, -0.1) is 0 Å². The minimum absolute atomic E-state index is 0.0756. The van der Waals surface area contributed by atoms with Crippen molar-refractivity contribution in [1.82, 2.24) is 19.1 Å². The molecule has 6 aromatic rings. The van der Waals surface area contributed by atoms with Crippen LogP contribution in [0.1, 0.15) is 61.9 Å². The van der Waals surface area contributed by atoms with Crippen molar-refractivity contribution in [3.8, 4) is 0 Å². The first-order valence-corrected chi connectivity index (χ1v) is 21.8. The molecular formula is C47H51ClN4O4S. The van der Waals surface area contributed by atoms with E-state index in [1.807, 2.05) is 54.6 Å². The van der Waals surface area contributed by atoms with Crippen molar-refractivity contribution in [2.75, 3.05) is 46.9 Å². The number of fused-ring (bicyclic) bond motifs is 1. The first kappa shape index (κ1) is 40.4. The molecule has 10 heteroatoms. The number of esters is 1. The fourth-order valence-electron chi connectivity index (χ4n) is 8.09. The molecule has 0 radical (unpaired) electrons. The Morgan fingerprint density at radius 3 is 2.05 bits per heavy atom. The van der Waals surface area contributed by atoms with Gasteiger partial charge in [0.1, 0.15) is 0 Å². The van der Waals surface area contributed by atoms with Crippen LogP contribution < -0.4 is 4.72 Å². The molecule has 0 aliphatic carbocycles. The van der Waals surface area contributed by atoms with E-state index in [1.165, 1.54) is 7.11 Å². The number of nitrogens with zero attached hydrogens (tertiary/aromatic N) is 3. The van der Waals surface area contributed by atoms with Crippen LogP contribution in [0.4, 0.5) is 0 Å². The topological polar surface area (TPSA) is 83.9 Å². The van der Waals surface area contributed by atoms with Gasteiger partial charge < -0.3 is 14.2 Å². The number of aromatic nitrogens is 1. The summed E-state index contributed by atoms with van der Waals surface area (Å²) < 4.78 is 38.0. The molecule has 1 saturated heterocycles. The summed E-state index contributed by atoms with van der Waals surface area (Å²) in [6.07, 6.45) is 2.87. The average molecular weight is 803 g/mol. The fraction of sp³-hybridized carbons (Fsp3) is 0.298. The van der Waals surface area contributed by atoms with Crippen molar-refractivity contribution in [2.24, 2.45) is 0 Å². The third-order valence-corrected chi connectivity index (χ3v) is 12.6. The number of likely N-dealkylation sites (N-methyl/N-ethyl adjacent to an activating group) is 1. The number of rotatable bonds is 16. The number of halogens is 1. The third kappa shape index (κ3) is 10.0. The molecule has 1 fully saturated rings. The number of aryl methyl sites for hydroxylation is 2. The molecule has 1 aromatic heterocycles. The molecule has 0 unspecified atom stereocenters. The number of nitrogens with one attached hydrogen (secondary N) is 1. The number of hydrogen-bond acceptors (Lipinski definition) is 6. The smallest absolute Gasteiger partial charge is 0.337 e. The second-order valence-corrected chi connectivity index (χ2v) is 17.2. The standard InChI is InChI=1S/C47H51ClN4O4S/c1-50-28-30-51(31-29-50)33-39-17-9-10-18-40(39)34-57(54,55)49-27-26-45-42(19-11-12-35-20-22-38(23-21-35)47(53)56-2)43-32-41(48)24-25-44(43)52(45)46(36-13-5-3-6-14-36)37-15-7-4-8-16-37/h3-10,13-18,20-25,32,46,49H,11-12,19,26-31,33-34H2,1-2H3. The van der Waals surface area contributed by atoms with Crippen LogP contribution in [0, 0.1) is 0 Å². The molecule has 0 saturated carbocycles. The van der Waals surface area contributed by atoms with Crippen LogP contribution in [-0.4, -0.2) is 75.6 Å². The Balaban J connectivity index is 1.20. The molecule has 5 aromatic carbocycles. The second-order valence-electron chi connectivity index (χ2n) is 15.0. The van der Waals surface area contributed by atoms with Crippen molar-refractivity contribution in [3.63, 3.8) is 0 Å². The van der Waals surface area contributed by atoms with E-state index >= 15 is 0 Å². The van der Waals surface area contributed by atoms with E-state index in [9.17, 15) is 13.2 Å². The minimum Gasteiger partial charge on any atom is -0.465 e. The van der Waals surface area contributed by atoms with Gasteiger partial charge in [0, 0.05) is 67.3 Å². The predicted molar refractivity (Wildman–Crippen MR) is 230 cm³/mol.